The second kappa shape index (κ2) is 7.41. The summed E-state index contributed by atoms with van der Waals surface area (Å²) in [4.78, 5) is 12.3. The van der Waals surface area contributed by atoms with Gasteiger partial charge in [0.15, 0.2) is 0 Å². The van der Waals surface area contributed by atoms with Gasteiger partial charge < -0.3 is 9.15 Å². The van der Waals surface area contributed by atoms with Crippen molar-refractivity contribution in [2.45, 2.75) is 50.7 Å². The Balaban J connectivity index is 2.22. The minimum Gasteiger partial charge on any atom is -0.468 e. The third-order valence-electron chi connectivity index (χ3n) is 3.31. The molecule has 1 heterocycles. The fraction of sp³-hybridized carbons (Fsp3) is 0.389. The summed E-state index contributed by atoms with van der Waals surface area (Å²) in [5.41, 5.74) is 0.302. The summed E-state index contributed by atoms with van der Waals surface area (Å²) < 4.78 is 38.3. The SMILES string of the molecule is Cc1ccc(S(=O)(=O)NC(CC(=O)OC(C)(C)C)c2ccco2)cc1. The summed E-state index contributed by atoms with van der Waals surface area (Å²) in [6.45, 7) is 7.13. The van der Waals surface area contributed by atoms with Crippen LogP contribution in [0, 0.1) is 6.92 Å². The molecule has 25 heavy (non-hydrogen) atoms. The Morgan fingerprint density at radius 2 is 1.84 bits per heavy atom. The first-order valence-electron chi connectivity index (χ1n) is 7.91. The zero-order valence-corrected chi connectivity index (χ0v) is 15.6. The molecule has 0 saturated carbocycles. The second-order valence-electron chi connectivity index (χ2n) is 6.79. The van der Waals surface area contributed by atoms with Crippen molar-refractivity contribution in [3.63, 3.8) is 0 Å². The van der Waals surface area contributed by atoms with Gasteiger partial charge in [0.2, 0.25) is 10.0 Å². The van der Waals surface area contributed by atoms with Crippen molar-refractivity contribution in [3.8, 4) is 0 Å². The molecule has 1 unspecified atom stereocenters. The summed E-state index contributed by atoms with van der Waals surface area (Å²) in [6.07, 6.45) is 1.26. The van der Waals surface area contributed by atoms with Crippen LogP contribution in [0.25, 0.3) is 0 Å². The van der Waals surface area contributed by atoms with Crippen LogP contribution in [0.4, 0.5) is 0 Å². The van der Waals surface area contributed by atoms with Crippen LogP contribution < -0.4 is 4.72 Å². The molecule has 6 nitrogen and oxygen atoms in total. The second-order valence-corrected chi connectivity index (χ2v) is 8.51. The van der Waals surface area contributed by atoms with Crippen molar-refractivity contribution < 1.29 is 22.4 Å². The molecule has 0 amide bonds. The summed E-state index contributed by atoms with van der Waals surface area (Å²) in [5.74, 6) is -0.165. The summed E-state index contributed by atoms with van der Waals surface area (Å²) in [5, 5.41) is 0. The summed E-state index contributed by atoms with van der Waals surface area (Å²) >= 11 is 0. The van der Waals surface area contributed by atoms with E-state index in [1.54, 1.807) is 45.0 Å². The quantitative estimate of drug-likeness (QED) is 0.794. The molecule has 0 spiro atoms. The molecule has 1 atom stereocenters. The van der Waals surface area contributed by atoms with Crippen LogP contribution >= 0.6 is 0 Å². The molecule has 2 rings (SSSR count). The molecule has 0 radical (unpaired) electrons. The topological polar surface area (TPSA) is 85.6 Å². The van der Waals surface area contributed by atoms with Crippen LogP contribution in [0.15, 0.2) is 52.0 Å². The molecule has 0 saturated heterocycles. The van der Waals surface area contributed by atoms with Crippen molar-refractivity contribution in [2.24, 2.45) is 0 Å². The number of sulfonamides is 1. The molecule has 0 aliphatic rings. The molecule has 1 N–H and O–H groups in total. The molecule has 1 aromatic heterocycles. The lowest BCUT2D eigenvalue weighted by Gasteiger charge is -2.22. The van der Waals surface area contributed by atoms with E-state index in [1.807, 2.05) is 6.92 Å². The largest absolute Gasteiger partial charge is 0.468 e. The Kier molecular flexibility index (Phi) is 5.69. The minimum atomic E-state index is -3.81. The average Bonchev–Trinajstić information content (AvgIpc) is 2.99. The number of carbonyl (C=O) groups excluding carboxylic acids is 1. The van der Waals surface area contributed by atoms with E-state index in [9.17, 15) is 13.2 Å². The molecular weight excluding hydrogens is 342 g/mol. The standard InChI is InChI=1S/C18H23NO5S/c1-13-7-9-14(10-8-13)25(21,22)19-15(16-6-5-11-23-16)12-17(20)24-18(2,3)4/h5-11,15,19H,12H2,1-4H3. The van der Waals surface area contributed by atoms with E-state index in [1.165, 1.54) is 18.4 Å². The number of esters is 1. The molecule has 136 valence electrons. The van der Waals surface area contributed by atoms with E-state index < -0.39 is 27.6 Å². The van der Waals surface area contributed by atoms with Crippen molar-refractivity contribution in [2.75, 3.05) is 0 Å². The van der Waals surface area contributed by atoms with Crippen molar-refractivity contribution in [1.29, 1.82) is 0 Å². The predicted molar refractivity (Wildman–Crippen MR) is 93.4 cm³/mol. The highest BCUT2D eigenvalue weighted by molar-refractivity contribution is 7.89. The lowest BCUT2D eigenvalue weighted by Crippen LogP contribution is -2.32. The number of hydrogen-bond donors (Lipinski definition) is 1. The fourth-order valence-electron chi connectivity index (χ4n) is 2.21. The minimum absolute atomic E-state index is 0.124. The van der Waals surface area contributed by atoms with Gasteiger partial charge >= 0.3 is 5.97 Å². The number of benzene rings is 1. The van der Waals surface area contributed by atoms with Crippen LogP contribution in [-0.4, -0.2) is 20.0 Å². The zero-order valence-electron chi connectivity index (χ0n) is 14.8. The maximum atomic E-state index is 12.6. The van der Waals surface area contributed by atoms with E-state index in [-0.39, 0.29) is 11.3 Å². The maximum Gasteiger partial charge on any atom is 0.308 e. The van der Waals surface area contributed by atoms with E-state index in [0.29, 0.717) is 5.76 Å². The number of aryl methyl sites for hydroxylation is 1. The number of carbonyl (C=O) groups is 1. The first-order chi connectivity index (χ1) is 11.6. The summed E-state index contributed by atoms with van der Waals surface area (Å²) in [6, 6.07) is 8.87. The zero-order chi connectivity index (χ0) is 18.7. The molecule has 0 bridgehead atoms. The van der Waals surface area contributed by atoms with Gasteiger partial charge in [-0.2, -0.15) is 4.72 Å². The molecular formula is C18H23NO5S. The fourth-order valence-corrected chi connectivity index (χ4v) is 3.42. The van der Waals surface area contributed by atoms with E-state index >= 15 is 0 Å². The monoisotopic (exact) mass is 365 g/mol. The molecule has 1 aromatic carbocycles. The highest BCUT2D eigenvalue weighted by Crippen LogP contribution is 2.23. The van der Waals surface area contributed by atoms with Crippen molar-refractivity contribution in [3.05, 3.63) is 54.0 Å². The first kappa shape index (κ1) is 19.2. The van der Waals surface area contributed by atoms with Gasteiger partial charge in [-0.1, -0.05) is 17.7 Å². The van der Waals surface area contributed by atoms with Gasteiger partial charge in [-0.25, -0.2) is 8.42 Å². The van der Waals surface area contributed by atoms with Crippen LogP contribution in [0.1, 0.15) is 44.6 Å². The van der Waals surface area contributed by atoms with E-state index in [0.717, 1.165) is 5.56 Å². The molecule has 0 aliphatic heterocycles. The highest BCUT2D eigenvalue weighted by Gasteiger charge is 2.28. The highest BCUT2D eigenvalue weighted by atomic mass is 32.2. The van der Waals surface area contributed by atoms with Gasteiger partial charge in [-0.3, -0.25) is 4.79 Å². The van der Waals surface area contributed by atoms with Crippen LogP contribution in [-0.2, 0) is 19.6 Å². The number of furan rings is 1. The first-order valence-corrected chi connectivity index (χ1v) is 9.39. The third-order valence-corrected chi connectivity index (χ3v) is 4.79. The molecule has 7 heteroatoms. The van der Waals surface area contributed by atoms with Crippen molar-refractivity contribution >= 4 is 16.0 Å². The normalized spacial score (nSPS) is 13.4. The Morgan fingerprint density at radius 1 is 1.20 bits per heavy atom. The molecule has 2 aromatic rings. The Labute approximate surface area is 148 Å². The van der Waals surface area contributed by atoms with Gasteiger partial charge in [-0.05, 0) is 52.0 Å². The number of hydrogen-bond acceptors (Lipinski definition) is 5. The van der Waals surface area contributed by atoms with E-state index in [2.05, 4.69) is 4.72 Å². The van der Waals surface area contributed by atoms with Crippen molar-refractivity contribution in [1.82, 2.24) is 4.72 Å². The molecule has 0 fully saturated rings. The van der Waals surface area contributed by atoms with Gasteiger partial charge in [0.1, 0.15) is 11.4 Å². The predicted octanol–water partition coefficient (Wildman–Crippen LogP) is 3.34. The Bertz CT molecular complexity index is 802. The Hall–Kier alpha value is -2.12. The number of ether oxygens (including phenoxy) is 1. The van der Waals surface area contributed by atoms with E-state index in [4.69, 9.17) is 9.15 Å². The maximum absolute atomic E-state index is 12.6. The molecule has 0 aliphatic carbocycles. The van der Waals surface area contributed by atoms with Crippen LogP contribution in [0.3, 0.4) is 0 Å². The lowest BCUT2D eigenvalue weighted by atomic mass is 10.1. The van der Waals surface area contributed by atoms with Crippen LogP contribution in [0.2, 0.25) is 0 Å². The Morgan fingerprint density at radius 3 is 2.36 bits per heavy atom. The smallest absolute Gasteiger partial charge is 0.308 e. The van der Waals surface area contributed by atoms with Gasteiger partial charge in [0.25, 0.3) is 0 Å². The van der Waals surface area contributed by atoms with Gasteiger partial charge in [-0.15, -0.1) is 0 Å². The number of rotatable bonds is 6. The average molecular weight is 365 g/mol. The lowest BCUT2D eigenvalue weighted by molar-refractivity contribution is -0.155. The van der Waals surface area contributed by atoms with Gasteiger partial charge in [0, 0.05) is 0 Å². The van der Waals surface area contributed by atoms with Crippen LogP contribution in [0.5, 0.6) is 0 Å². The van der Waals surface area contributed by atoms with Gasteiger partial charge in [0.05, 0.1) is 23.6 Å². The summed E-state index contributed by atoms with van der Waals surface area (Å²) in [7, 11) is -3.81. The number of nitrogens with one attached hydrogen (secondary N) is 1. The third kappa shape index (κ3) is 5.72.